The summed E-state index contributed by atoms with van der Waals surface area (Å²) < 4.78 is 6.35. The van der Waals surface area contributed by atoms with Gasteiger partial charge in [0.2, 0.25) is 0 Å². The Kier molecular flexibility index (Phi) is 4.98. The van der Waals surface area contributed by atoms with E-state index in [-0.39, 0.29) is 12.0 Å². The molecule has 1 saturated heterocycles. The number of halogens is 1. The molecular weight excluding hydrogens is 356 g/mol. The SMILES string of the molecule is CC1CN(c2ccc(NC(=O)c3ccccc3Br)cc2)CCO1. The fourth-order valence-electron chi connectivity index (χ4n) is 2.65. The zero-order valence-corrected chi connectivity index (χ0v) is 14.5. The quantitative estimate of drug-likeness (QED) is 0.884. The number of carbonyl (C=O) groups is 1. The molecule has 0 radical (unpaired) electrons. The third-order valence-corrected chi connectivity index (χ3v) is 4.54. The number of nitrogens with one attached hydrogen (secondary N) is 1. The van der Waals surface area contributed by atoms with Gasteiger partial charge in [-0.25, -0.2) is 0 Å². The molecule has 2 aromatic rings. The van der Waals surface area contributed by atoms with Crippen LogP contribution in [0, 0.1) is 0 Å². The molecule has 1 N–H and O–H groups in total. The zero-order valence-electron chi connectivity index (χ0n) is 13.0. The van der Waals surface area contributed by atoms with Crippen molar-refractivity contribution in [1.82, 2.24) is 0 Å². The summed E-state index contributed by atoms with van der Waals surface area (Å²) in [6, 6.07) is 15.3. The Morgan fingerprint density at radius 3 is 2.65 bits per heavy atom. The molecule has 1 unspecified atom stereocenters. The Morgan fingerprint density at radius 2 is 1.96 bits per heavy atom. The van der Waals surface area contributed by atoms with Crippen molar-refractivity contribution >= 4 is 33.2 Å². The van der Waals surface area contributed by atoms with Gasteiger partial charge < -0.3 is 15.0 Å². The van der Waals surface area contributed by atoms with E-state index in [2.05, 4.69) is 33.1 Å². The number of hydrogen-bond acceptors (Lipinski definition) is 3. The molecule has 3 rings (SSSR count). The lowest BCUT2D eigenvalue weighted by Crippen LogP contribution is -2.41. The van der Waals surface area contributed by atoms with E-state index in [4.69, 9.17) is 4.74 Å². The summed E-state index contributed by atoms with van der Waals surface area (Å²) in [6.45, 7) is 4.62. The molecule has 5 heteroatoms. The van der Waals surface area contributed by atoms with Gasteiger partial charge in [0.25, 0.3) is 5.91 Å². The number of amides is 1. The van der Waals surface area contributed by atoms with Crippen molar-refractivity contribution in [3.05, 3.63) is 58.6 Å². The van der Waals surface area contributed by atoms with Gasteiger partial charge in [-0.1, -0.05) is 12.1 Å². The van der Waals surface area contributed by atoms with Crippen LogP contribution in [0.3, 0.4) is 0 Å². The molecule has 120 valence electrons. The van der Waals surface area contributed by atoms with Crippen LogP contribution in [0.1, 0.15) is 17.3 Å². The molecule has 0 saturated carbocycles. The second-order valence-corrected chi connectivity index (χ2v) is 6.46. The zero-order chi connectivity index (χ0) is 16.2. The number of nitrogens with zero attached hydrogens (tertiary/aromatic N) is 1. The van der Waals surface area contributed by atoms with Gasteiger partial charge >= 0.3 is 0 Å². The van der Waals surface area contributed by atoms with Crippen LogP contribution in [0.25, 0.3) is 0 Å². The van der Waals surface area contributed by atoms with Gasteiger partial charge in [-0.2, -0.15) is 0 Å². The number of hydrogen-bond donors (Lipinski definition) is 1. The Hall–Kier alpha value is -1.85. The van der Waals surface area contributed by atoms with Crippen molar-refractivity contribution in [3.8, 4) is 0 Å². The molecule has 1 atom stereocenters. The predicted molar refractivity (Wildman–Crippen MR) is 96.2 cm³/mol. The third kappa shape index (κ3) is 3.92. The molecule has 4 nitrogen and oxygen atoms in total. The molecule has 1 amide bonds. The summed E-state index contributed by atoms with van der Waals surface area (Å²) in [5.74, 6) is -0.120. The number of carbonyl (C=O) groups excluding carboxylic acids is 1. The minimum atomic E-state index is -0.120. The van der Waals surface area contributed by atoms with Crippen LogP contribution in [-0.2, 0) is 4.74 Å². The molecule has 0 spiro atoms. The van der Waals surface area contributed by atoms with E-state index in [9.17, 15) is 4.79 Å². The van der Waals surface area contributed by atoms with Gasteiger partial charge in [0, 0.05) is 28.9 Å². The van der Waals surface area contributed by atoms with Gasteiger partial charge in [0.1, 0.15) is 0 Å². The summed E-state index contributed by atoms with van der Waals surface area (Å²) in [5.41, 5.74) is 2.56. The molecule has 1 aliphatic heterocycles. The van der Waals surface area contributed by atoms with Gasteiger partial charge in [0.15, 0.2) is 0 Å². The molecule has 1 fully saturated rings. The van der Waals surface area contributed by atoms with Gasteiger partial charge in [-0.05, 0) is 59.3 Å². The van der Waals surface area contributed by atoms with E-state index < -0.39 is 0 Å². The smallest absolute Gasteiger partial charge is 0.256 e. The lowest BCUT2D eigenvalue weighted by Gasteiger charge is -2.33. The van der Waals surface area contributed by atoms with Crippen LogP contribution in [0.2, 0.25) is 0 Å². The molecule has 1 aliphatic rings. The molecule has 2 aromatic carbocycles. The molecule has 0 bridgehead atoms. The Morgan fingerprint density at radius 1 is 1.22 bits per heavy atom. The predicted octanol–water partition coefficient (Wildman–Crippen LogP) is 3.93. The van der Waals surface area contributed by atoms with E-state index in [1.54, 1.807) is 6.07 Å². The molecule has 0 aliphatic carbocycles. The summed E-state index contributed by atoms with van der Waals surface area (Å²) >= 11 is 3.40. The van der Waals surface area contributed by atoms with Crippen LogP contribution < -0.4 is 10.2 Å². The van der Waals surface area contributed by atoms with Crippen LogP contribution in [0.5, 0.6) is 0 Å². The summed E-state index contributed by atoms with van der Waals surface area (Å²) in [7, 11) is 0. The lowest BCUT2D eigenvalue weighted by molar-refractivity contribution is 0.0532. The monoisotopic (exact) mass is 374 g/mol. The molecular formula is C18H19BrN2O2. The van der Waals surface area contributed by atoms with E-state index in [0.29, 0.717) is 5.56 Å². The first-order valence-electron chi connectivity index (χ1n) is 7.66. The summed E-state index contributed by atoms with van der Waals surface area (Å²) in [4.78, 5) is 14.6. The minimum absolute atomic E-state index is 0.120. The largest absolute Gasteiger partial charge is 0.375 e. The third-order valence-electron chi connectivity index (χ3n) is 3.85. The normalized spacial score (nSPS) is 17.8. The fourth-order valence-corrected chi connectivity index (χ4v) is 3.12. The van der Waals surface area contributed by atoms with Crippen LogP contribution in [0.15, 0.2) is 53.0 Å². The fraction of sp³-hybridized carbons (Fsp3) is 0.278. The Bertz CT molecular complexity index is 688. The maximum absolute atomic E-state index is 12.3. The van der Waals surface area contributed by atoms with Crippen molar-refractivity contribution in [3.63, 3.8) is 0 Å². The number of anilines is 2. The molecule has 0 aromatic heterocycles. The first-order chi connectivity index (χ1) is 11.1. The van der Waals surface area contributed by atoms with Crippen molar-refractivity contribution in [2.75, 3.05) is 29.9 Å². The van der Waals surface area contributed by atoms with Crippen LogP contribution in [0.4, 0.5) is 11.4 Å². The number of benzene rings is 2. The maximum Gasteiger partial charge on any atom is 0.256 e. The number of rotatable bonds is 3. The van der Waals surface area contributed by atoms with Gasteiger partial charge in [-0.15, -0.1) is 0 Å². The molecule has 23 heavy (non-hydrogen) atoms. The van der Waals surface area contributed by atoms with E-state index >= 15 is 0 Å². The highest BCUT2D eigenvalue weighted by atomic mass is 79.9. The first kappa shape index (κ1) is 16.0. The molecule has 1 heterocycles. The van der Waals surface area contributed by atoms with E-state index in [1.165, 1.54) is 0 Å². The van der Waals surface area contributed by atoms with Crippen LogP contribution in [-0.4, -0.2) is 31.7 Å². The summed E-state index contributed by atoms with van der Waals surface area (Å²) in [6.07, 6.45) is 0.249. The average molecular weight is 375 g/mol. The van der Waals surface area contributed by atoms with E-state index in [0.717, 1.165) is 35.5 Å². The van der Waals surface area contributed by atoms with Crippen molar-refractivity contribution in [1.29, 1.82) is 0 Å². The van der Waals surface area contributed by atoms with Crippen LogP contribution >= 0.6 is 15.9 Å². The highest BCUT2D eigenvalue weighted by molar-refractivity contribution is 9.10. The Labute approximate surface area is 144 Å². The lowest BCUT2D eigenvalue weighted by atomic mass is 10.2. The number of morpholine rings is 1. The van der Waals surface area contributed by atoms with Crippen molar-refractivity contribution < 1.29 is 9.53 Å². The van der Waals surface area contributed by atoms with E-state index in [1.807, 2.05) is 42.5 Å². The second kappa shape index (κ2) is 7.15. The summed E-state index contributed by atoms with van der Waals surface area (Å²) in [5, 5.41) is 2.93. The topological polar surface area (TPSA) is 41.6 Å². The maximum atomic E-state index is 12.3. The Balaban J connectivity index is 1.68. The van der Waals surface area contributed by atoms with Crippen molar-refractivity contribution in [2.24, 2.45) is 0 Å². The first-order valence-corrected chi connectivity index (χ1v) is 8.45. The second-order valence-electron chi connectivity index (χ2n) is 5.61. The van der Waals surface area contributed by atoms with Gasteiger partial charge in [-0.3, -0.25) is 4.79 Å². The minimum Gasteiger partial charge on any atom is -0.375 e. The number of ether oxygens (including phenoxy) is 1. The van der Waals surface area contributed by atoms with Crippen molar-refractivity contribution in [2.45, 2.75) is 13.0 Å². The highest BCUT2D eigenvalue weighted by Crippen LogP contribution is 2.22. The standard InChI is InChI=1S/C18H19BrN2O2/c1-13-12-21(10-11-23-13)15-8-6-14(7-9-15)20-18(22)16-4-2-3-5-17(16)19/h2-9,13H,10-12H2,1H3,(H,20,22). The average Bonchev–Trinajstić information content (AvgIpc) is 2.56. The van der Waals surface area contributed by atoms with Gasteiger partial charge in [0.05, 0.1) is 18.3 Å². The highest BCUT2D eigenvalue weighted by Gasteiger charge is 2.17.